The fourth-order valence-corrected chi connectivity index (χ4v) is 0.729. The van der Waals surface area contributed by atoms with Crippen LogP contribution in [0.15, 0.2) is 24.5 Å². The summed E-state index contributed by atoms with van der Waals surface area (Å²) in [6, 6.07) is 3.76. The van der Waals surface area contributed by atoms with Crippen molar-refractivity contribution in [2.75, 3.05) is 0 Å². The van der Waals surface area contributed by atoms with Gasteiger partial charge in [-0.15, -0.1) is 0 Å². The summed E-state index contributed by atoms with van der Waals surface area (Å²) in [7, 11) is 0. The molecule has 0 aliphatic rings. The molecule has 0 unspecified atom stereocenters. The Hall–Kier alpha value is -1.38. The monoisotopic (exact) mass is 210 g/mol. The van der Waals surface area contributed by atoms with E-state index in [-0.39, 0.29) is 5.91 Å². The minimum atomic E-state index is -0.0196. The highest BCUT2D eigenvalue weighted by Gasteiger charge is 1.91. The molecule has 0 radical (unpaired) electrons. The van der Waals surface area contributed by atoms with Crippen molar-refractivity contribution < 1.29 is 4.79 Å². The van der Waals surface area contributed by atoms with E-state index in [9.17, 15) is 4.79 Å². The third kappa shape index (κ3) is 10.5. The summed E-state index contributed by atoms with van der Waals surface area (Å²) >= 11 is 0. The van der Waals surface area contributed by atoms with E-state index in [1.54, 1.807) is 12.4 Å². The van der Waals surface area contributed by atoms with Crippen molar-refractivity contribution in [3.63, 3.8) is 0 Å². The van der Waals surface area contributed by atoms with Gasteiger partial charge in [0.1, 0.15) is 0 Å². The molecule has 1 heterocycles. The fraction of sp³-hybridized carbons (Fsp3) is 0.500. The van der Waals surface area contributed by atoms with Crippen molar-refractivity contribution in [1.29, 1.82) is 0 Å². The van der Waals surface area contributed by atoms with Gasteiger partial charge in [-0.3, -0.25) is 9.78 Å². The summed E-state index contributed by atoms with van der Waals surface area (Å²) in [5.74, 6) is -0.0196. The zero-order chi connectivity index (χ0) is 12.1. The van der Waals surface area contributed by atoms with Crippen LogP contribution < -0.4 is 5.32 Å². The molecule has 3 heteroatoms. The first kappa shape index (κ1) is 16.1. The lowest BCUT2D eigenvalue weighted by Crippen LogP contribution is -2.18. The lowest BCUT2D eigenvalue weighted by atomic mass is 10.3. The molecule has 0 aliphatic heterocycles. The van der Waals surface area contributed by atoms with E-state index in [0.29, 0.717) is 6.54 Å². The lowest BCUT2D eigenvalue weighted by molar-refractivity contribution is -0.119. The minimum Gasteiger partial charge on any atom is -0.352 e. The van der Waals surface area contributed by atoms with Gasteiger partial charge in [-0.1, -0.05) is 33.8 Å². The van der Waals surface area contributed by atoms with Crippen LogP contribution >= 0.6 is 0 Å². The molecule has 0 spiro atoms. The van der Waals surface area contributed by atoms with Gasteiger partial charge in [-0.25, -0.2) is 0 Å². The average Bonchev–Trinajstić information content (AvgIpc) is 2.33. The third-order valence-electron chi connectivity index (χ3n) is 1.26. The molecule has 0 fully saturated rings. The molecular formula is C12H22N2O. The number of aromatic nitrogens is 1. The summed E-state index contributed by atoms with van der Waals surface area (Å²) in [4.78, 5) is 14.4. The zero-order valence-corrected chi connectivity index (χ0v) is 10.4. The first-order valence-corrected chi connectivity index (χ1v) is 5.42. The second-order valence-electron chi connectivity index (χ2n) is 2.27. The second kappa shape index (κ2) is 12.6. The van der Waals surface area contributed by atoms with Crippen LogP contribution in [0.2, 0.25) is 0 Å². The molecule has 0 saturated carbocycles. The van der Waals surface area contributed by atoms with Gasteiger partial charge in [0, 0.05) is 25.9 Å². The fourth-order valence-electron chi connectivity index (χ4n) is 0.729. The highest BCUT2D eigenvalue weighted by molar-refractivity contribution is 5.72. The second-order valence-corrected chi connectivity index (χ2v) is 2.27. The molecule has 0 bridgehead atoms. The van der Waals surface area contributed by atoms with Gasteiger partial charge < -0.3 is 5.32 Å². The largest absolute Gasteiger partial charge is 0.352 e. The molecule has 1 aromatic heterocycles. The van der Waals surface area contributed by atoms with Gasteiger partial charge in [0.25, 0.3) is 0 Å². The predicted molar refractivity (Wildman–Crippen MR) is 64.5 cm³/mol. The summed E-state index contributed by atoms with van der Waals surface area (Å²) in [6.45, 7) is 10.1. The van der Waals surface area contributed by atoms with Crippen molar-refractivity contribution in [3.8, 4) is 0 Å². The number of hydrogen-bond acceptors (Lipinski definition) is 2. The van der Waals surface area contributed by atoms with Crippen LogP contribution in [0.25, 0.3) is 0 Å². The Balaban J connectivity index is 0. The van der Waals surface area contributed by atoms with Crippen LogP contribution in [0, 0.1) is 0 Å². The number of carbonyl (C=O) groups excluding carboxylic acids is 1. The molecule has 15 heavy (non-hydrogen) atoms. The Morgan fingerprint density at radius 1 is 1.33 bits per heavy atom. The lowest BCUT2D eigenvalue weighted by Gasteiger charge is -1.99. The predicted octanol–water partition coefficient (Wildman–Crippen LogP) is 2.77. The topological polar surface area (TPSA) is 42.0 Å². The highest BCUT2D eigenvalue weighted by atomic mass is 16.1. The van der Waals surface area contributed by atoms with Gasteiger partial charge in [0.05, 0.1) is 0 Å². The molecule has 1 aromatic rings. The standard InChI is InChI=1S/C8H10N2O.2C2H6/c1-7(11)10-6-8-3-2-4-9-5-8;2*1-2/h2-5H,6H2,1H3,(H,10,11);2*1-2H3. The van der Waals surface area contributed by atoms with E-state index in [4.69, 9.17) is 0 Å². The molecule has 0 aromatic carbocycles. The molecule has 0 saturated heterocycles. The zero-order valence-electron chi connectivity index (χ0n) is 10.4. The number of hydrogen-bond donors (Lipinski definition) is 1. The molecule has 1 N–H and O–H groups in total. The molecule has 0 atom stereocenters. The summed E-state index contributed by atoms with van der Waals surface area (Å²) < 4.78 is 0. The number of nitrogens with one attached hydrogen (secondary N) is 1. The normalized spacial score (nSPS) is 7.53. The van der Waals surface area contributed by atoms with Crippen molar-refractivity contribution in [1.82, 2.24) is 10.3 Å². The summed E-state index contributed by atoms with van der Waals surface area (Å²) in [5.41, 5.74) is 1.02. The average molecular weight is 210 g/mol. The van der Waals surface area contributed by atoms with E-state index < -0.39 is 0 Å². The quantitative estimate of drug-likeness (QED) is 0.815. The van der Waals surface area contributed by atoms with Crippen LogP contribution in [-0.4, -0.2) is 10.9 Å². The van der Waals surface area contributed by atoms with Gasteiger partial charge in [-0.2, -0.15) is 0 Å². The van der Waals surface area contributed by atoms with Crippen LogP contribution in [0.4, 0.5) is 0 Å². The van der Waals surface area contributed by atoms with Crippen molar-refractivity contribution in [3.05, 3.63) is 30.1 Å². The minimum absolute atomic E-state index is 0.0196. The maximum atomic E-state index is 10.5. The summed E-state index contributed by atoms with van der Waals surface area (Å²) in [6.07, 6.45) is 3.44. The maximum absolute atomic E-state index is 10.5. The Morgan fingerprint density at radius 2 is 1.93 bits per heavy atom. The number of rotatable bonds is 2. The number of carbonyl (C=O) groups is 1. The Morgan fingerprint density at radius 3 is 2.33 bits per heavy atom. The molecule has 1 rings (SSSR count). The molecule has 3 nitrogen and oxygen atoms in total. The Kier molecular flexibility index (Phi) is 13.5. The first-order valence-electron chi connectivity index (χ1n) is 5.42. The van der Waals surface area contributed by atoms with Crippen LogP contribution in [0.5, 0.6) is 0 Å². The highest BCUT2D eigenvalue weighted by Crippen LogP contribution is 1.93. The van der Waals surface area contributed by atoms with Gasteiger partial charge in [0.2, 0.25) is 5.91 Å². The van der Waals surface area contributed by atoms with Crippen molar-refractivity contribution in [2.45, 2.75) is 41.2 Å². The molecule has 86 valence electrons. The van der Waals surface area contributed by atoms with Gasteiger partial charge in [0.15, 0.2) is 0 Å². The Labute approximate surface area is 92.9 Å². The van der Waals surface area contributed by atoms with E-state index >= 15 is 0 Å². The molecule has 0 aliphatic carbocycles. The number of amides is 1. The van der Waals surface area contributed by atoms with Gasteiger partial charge in [-0.05, 0) is 11.6 Å². The van der Waals surface area contributed by atoms with Crippen LogP contribution in [0.1, 0.15) is 40.2 Å². The number of nitrogens with zero attached hydrogens (tertiary/aromatic N) is 1. The molecular weight excluding hydrogens is 188 g/mol. The van der Waals surface area contributed by atoms with Crippen LogP contribution in [-0.2, 0) is 11.3 Å². The summed E-state index contributed by atoms with van der Waals surface area (Å²) in [5, 5.41) is 2.68. The van der Waals surface area contributed by atoms with Gasteiger partial charge >= 0.3 is 0 Å². The third-order valence-corrected chi connectivity index (χ3v) is 1.26. The first-order chi connectivity index (χ1) is 7.29. The van der Waals surface area contributed by atoms with Crippen molar-refractivity contribution >= 4 is 5.91 Å². The Bertz CT molecular complexity index is 235. The number of pyridine rings is 1. The van der Waals surface area contributed by atoms with E-state index in [1.165, 1.54) is 6.92 Å². The molecule has 1 amide bonds. The van der Waals surface area contributed by atoms with E-state index in [2.05, 4.69) is 10.3 Å². The maximum Gasteiger partial charge on any atom is 0.217 e. The van der Waals surface area contributed by atoms with Crippen LogP contribution in [0.3, 0.4) is 0 Å². The van der Waals surface area contributed by atoms with E-state index in [0.717, 1.165) is 5.56 Å². The SMILES string of the molecule is CC.CC.CC(=O)NCc1cccnc1. The smallest absolute Gasteiger partial charge is 0.217 e. The van der Waals surface area contributed by atoms with E-state index in [1.807, 2.05) is 39.8 Å². The van der Waals surface area contributed by atoms with Crippen molar-refractivity contribution in [2.24, 2.45) is 0 Å².